The Balaban J connectivity index is -0.0000000291. The van der Waals surface area contributed by atoms with Gasteiger partial charge in [-0.15, -0.1) is 0 Å². The number of carbonyl (C=O) groups excluding carboxylic acids is 2. The highest BCUT2D eigenvalue weighted by molar-refractivity contribution is 5.71. The van der Waals surface area contributed by atoms with Gasteiger partial charge >= 0.3 is 11.9 Å². The Morgan fingerprint density at radius 2 is 0.895 bits per heavy atom. The lowest BCUT2D eigenvalue weighted by molar-refractivity contribution is -0.161. The lowest BCUT2D eigenvalue weighted by Crippen LogP contribution is -2.28. The second-order valence-electron chi connectivity index (χ2n) is 7.64. The van der Waals surface area contributed by atoms with Gasteiger partial charge in [0.15, 0.2) is 0 Å². The molecule has 0 unspecified atom stereocenters. The third-order valence-corrected chi connectivity index (χ3v) is 3.78. The molecule has 0 aliphatic rings. The zero-order chi connectivity index (χ0) is 18.4. The number of rotatable bonds is 13. The number of unbranched alkanes of at least 4 members (excludes halogenated alkanes) is 8. The molecule has 0 heterocycles. The van der Waals surface area contributed by atoms with Crippen molar-refractivity contribution in [1.82, 2.24) is 0 Å². The SMILES string of the molecule is C.C.C.C.C.C.C.C.C.C.C.C.C.C.CCCCCCCCCCC[C@@H](CC(=O)OC(C)(C)C)OC(C)=O. The molecule has 0 spiro atoms. The second-order valence-corrected chi connectivity index (χ2v) is 7.64. The molecule has 4 heteroatoms. The molecule has 0 fully saturated rings. The van der Waals surface area contributed by atoms with Crippen molar-refractivity contribution in [3.05, 3.63) is 0 Å². The van der Waals surface area contributed by atoms with Crippen molar-refractivity contribution in [3.63, 3.8) is 0 Å². The predicted octanol–water partition coefficient (Wildman–Crippen LogP) is 14.5. The van der Waals surface area contributed by atoms with E-state index in [4.69, 9.17) is 9.47 Å². The third-order valence-electron chi connectivity index (χ3n) is 3.78. The Morgan fingerprint density at radius 1 is 0.579 bits per heavy atom. The normalized spacial score (nSPS) is 8.03. The molecule has 0 N–H and O–H groups in total. The van der Waals surface area contributed by atoms with Crippen LogP contribution in [0.15, 0.2) is 0 Å². The standard InChI is InChI=1S/C20H38O4.14CH4/c1-6-7-8-9-10-11-12-13-14-15-18(23-17(2)21)16-19(22)24-20(3,4)5;;;;;;;;;;;;;;/h18H,6-16H2,1-5H3;14*1H4/t18-;;;;;;;;;;;;;;/m0............../s1. The average molecular weight is 567 g/mol. The summed E-state index contributed by atoms with van der Waals surface area (Å²) >= 11 is 0. The van der Waals surface area contributed by atoms with Gasteiger partial charge in [-0.1, -0.05) is 162 Å². The van der Waals surface area contributed by atoms with E-state index in [1.807, 2.05) is 20.8 Å². The van der Waals surface area contributed by atoms with E-state index in [1.54, 1.807) is 0 Å². The Kier molecular flexibility index (Phi) is 158. The van der Waals surface area contributed by atoms with Crippen molar-refractivity contribution in [2.75, 3.05) is 0 Å². The molecular weight excluding hydrogens is 472 g/mol. The number of ether oxygens (including phenoxy) is 2. The van der Waals surface area contributed by atoms with Gasteiger partial charge < -0.3 is 9.47 Å². The van der Waals surface area contributed by atoms with Crippen molar-refractivity contribution >= 4 is 11.9 Å². The molecular formula is C34H94O4. The smallest absolute Gasteiger partial charge is 0.310 e. The van der Waals surface area contributed by atoms with Crippen molar-refractivity contribution in [3.8, 4) is 0 Å². The van der Waals surface area contributed by atoms with Crippen LogP contribution in [0.4, 0.5) is 0 Å². The molecule has 0 saturated carbocycles. The minimum atomic E-state index is -0.504. The van der Waals surface area contributed by atoms with Gasteiger partial charge in [-0.05, 0) is 33.6 Å². The largest absolute Gasteiger partial charge is 0.462 e. The van der Waals surface area contributed by atoms with E-state index >= 15 is 0 Å². The molecule has 0 amide bonds. The number of esters is 2. The fourth-order valence-corrected chi connectivity index (χ4v) is 2.69. The summed E-state index contributed by atoms with van der Waals surface area (Å²) in [5.74, 6) is -0.635. The van der Waals surface area contributed by atoms with Gasteiger partial charge in [0, 0.05) is 6.92 Å². The highest BCUT2D eigenvalue weighted by Crippen LogP contribution is 2.16. The zero-order valence-corrected chi connectivity index (χ0v) is 16.5. The van der Waals surface area contributed by atoms with E-state index in [9.17, 15) is 9.59 Å². The lowest BCUT2D eigenvalue weighted by atomic mass is 10.0. The quantitative estimate of drug-likeness (QED) is 0.164. The van der Waals surface area contributed by atoms with Gasteiger partial charge in [0.2, 0.25) is 0 Å². The first-order valence-corrected chi connectivity index (χ1v) is 9.63. The van der Waals surface area contributed by atoms with Gasteiger partial charge in [0.1, 0.15) is 11.7 Å². The highest BCUT2D eigenvalue weighted by atomic mass is 16.6. The number of hydrogen-bond donors (Lipinski definition) is 0. The monoisotopic (exact) mass is 567 g/mol. The predicted molar refractivity (Wildman–Crippen MR) is 192 cm³/mol. The van der Waals surface area contributed by atoms with E-state index in [2.05, 4.69) is 6.92 Å². The van der Waals surface area contributed by atoms with Crippen LogP contribution in [0, 0.1) is 0 Å². The Morgan fingerprint density at radius 3 is 1.18 bits per heavy atom. The maximum absolute atomic E-state index is 11.9. The van der Waals surface area contributed by atoms with E-state index in [-0.39, 0.29) is 128 Å². The Labute approximate surface area is 251 Å². The summed E-state index contributed by atoms with van der Waals surface area (Å²) < 4.78 is 10.6. The molecule has 0 aromatic rings. The van der Waals surface area contributed by atoms with Gasteiger partial charge in [-0.25, -0.2) is 0 Å². The van der Waals surface area contributed by atoms with Gasteiger partial charge in [0.25, 0.3) is 0 Å². The summed E-state index contributed by atoms with van der Waals surface area (Å²) in [6, 6.07) is 0. The Hall–Kier alpha value is -1.06. The first-order chi connectivity index (χ1) is 11.2. The van der Waals surface area contributed by atoms with Crippen molar-refractivity contribution < 1.29 is 19.1 Å². The fraction of sp³-hybridized carbons (Fsp3) is 0.941. The van der Waals surface area contributed by atoms with E-state index < -0.39 is 5.60 Å². The Bertz CT molecular complexity index is 347. The molecule has 0 rings (SSSR count). The summed E-state index contributed by atoms with van der Waals surface area (Å²) in [5.41, 5.74) is -0.504. The van der Waals surface area contributed by atoms with Crippen molar-refractivity contribution in [2.24, 2.45) is 0 Å². The van der Waals surface area contributed by atoms with Crippen LogP contribution in [0.25, 0.3) is 0 Å². The highest BCUT2D eigenvalue weighted by Gasteiger charge is 2.22. The maximum atomic E-state index is 11.9. The summed E-state index contributed by atoms with van der Waals surface area (Å²) in [5, 5.41) is 0. The van der Waals surface area contributed by atoms with Crippen LogP contribution in [-0.4, -0.2) is 23.6 Å². The van der Waals surface area contributed by atoms with Crippen LogP contribution in [-0.2, 0) is 19.1 Å². The maximum Gasteiger partial charge on any atom is 0.310 e. The summed E-state index contributed by atoms with van der Waals surface area (Å²) in [6.07, 6.45) is 11.7. The minimum absolute atomic E-state index is 0. The zero-order valence-electron chi connectivity index (χ0n) is 16.5. The van der Waals surface area contributed by atoms with E-state index in [0.717, 1.165) is 19.3 Å². The molecule has 38 heavy (non-hydrogen) atoms. The molecule has 0 aromatic heterocycles. The lowest BCUT2D eigenvalue weighted by Gasteiger charge is -2.22. The van der Waals surface area contributed by atoms with Gasteiger partial charge in [0.05, 0.1) is 6.42 Å². The molecule has 0 saturated heterocycles. The van der Waals surface area contributed by atoms with Crippen LogP contribution >= 0.6 is 0 Å². The molecule has 0 aromatic carbocycles. The van der Waals surface area contributed by atoms with Gasteiger partial charge in [-0.2, -0.15) is 0 Å². The van der Waals surface area contributed by atoms with Crippen LogP contribution in [0.2, 0.25) is 0 Å². The average Bonchev–Trinajstić information content (AvgIpc) is 2.42. The molecule has 0 aliphatic carbocycles. The summed E-state index contributed by atoms with van der Waals surface area (Å²) in [7, 11) is 0. The molecule has 4 nitrogen and oxygen atoms in total. The van der Waals surface area contributed by atoms with Crippen molar-refractivity contribution in [2.45, 2.75) is 221 Å². The minimum Gasteiger partial charge on any atom is -0.462 e. The van der Waals surface area contributed by atoms with Crippen LogP contribution < -0.4 is 0 Å². The molecule has 0 bridgehead atoms. The fourth-order valence-electron chi connectivity index (χ4n) is 2.69. The van der Waals surface area contributed by atoms with Crippen LogP contribution in [0.3, 0.4) is 0 Å². The number of carbonyl (C=O) groups is 2. The summed E-state index contributed by atoms with van der Waals surface area (Å²) in [4.78, 5) is 23.1. The number of hydrogen-bond acceptors (Lipinski definition) is 4. The van der Waals surface area contributed by atoms with E-state index in [1.165, 1.54) is 51.9 Å². The molecule has 1 atom stereocenters. The first-order valence-electron chi connectivity index (χ1n) is 9.63. The molecule has 0 radical (unpaired) electrons. The molecule has 0 aliphatic heterocycles. The third kappa shape index (κ3) is 76.5. The summed E-state index contributed by atoms with van der Waals surface area (Å²) in [6.45, 7) is 9.14. The van der Waals surface area contributed by atoms with Crippen LogP contribution in [0.5, 0.6) is 0 Å². The topological polar surface area (TPSA) is 52.6 Å². The second kappa shape index (κ2) is 60.5. The van der Waals surface area contributed by atoms with E-state index in [0.29, 0.717) is 0 Å². The van der Waals surface area contributed by atoms with Gasteiger partial charge in [-0.3, -0.25) is 9.59 Å². The molecule has 254 valence electrons. The van der Waals surface area contributed by atoms with Crippen LogP contribution in [0.1, 0.15) is 209 Å². The van der Waals surface area contributed by atoms with Crippen molar-refractivity contribution in [1.29, 1.82) is 0 Å². The first kappa shape index (κ1) is 99.1.